The summed E-state index contributed by atoms with van der Waals surface area (Å²) in [7, 11) is 0. The third-order valence-electron chi connectivity index (χ3n) is 2.70. The highest BCUT2D eigenvalue weighted by Crippen LogP contribution is 2.28. The molecule has 0 unspecified atom stereocenters. The van der Waals surface area contributed by atoms with Crippen LogP contribution in [0.25, 0.3) is 10.6 Å². The Morgan fingerprint density at radius 2 is 2.05 bits per heavy atom. The number of nitrogens with zero attached hydrogens (tertiary/aromatic N) is 1. The number of aryl methyl sites for hydroxylation is 1. The second-order valence-corrected chi connectivity index (χ2v) is 6.83. The summed E-state index contributed by atoms with van der Waals surface area (Å²) in [4.78, 5) is 5.44. The quantitative estimate of drug-likeness (QED) is 0.912. The molecule has 0 bridgehead atoms. The van der Waals surface area contributed by atoms with Crippen molar-refractivity contribution in [3.63, 3.8) is 0 Å². The smallest absolute Gasteiger partial charge is 0.133 e. The van der Waals surface area contributed by atoms with Crippen LogP contribution in [0.3, 0.4) is 0 Å². The molecule has 0 atom stereocenters. The lowest BCUT2D eigenvalue weighted by Crippen LogP contribution is -2.34. The van der Waals surface area contributed by atoms with Gasteiger partial charge in [-0.15, -0.1) is 11.3 Å². The number of hydrogen-bond acceptors (Lipinski definition) is 3. The molecular formula is C15H19FN2S. The molecule has 0 spiro atoms. The van der Waals surface area contributed by atoms with E-state index in [4.69, 9.17) is 0 Å². The Kier molecular flexibility index (Phi) is 4.02. The van der Waals surface area contributed by atoms with Crippen molar-refractivity contribution < 1.29 is 4.39 Å². The minimum absolute atomic E-state index is 0.0682. The summed E-state index contributed by atoms with van der Waals surface area (Å²) in [6, 6.07) is 5.11. The van der Waals surface area contributed by atoms with E-state index in [1.54, 1.807) is 6.07 Å². The van der Waals surface area contributed by atoms with E-state index < -0.39 is 0 Å². The van der Waals surface area contributed by atoms with Crippen LogP contribution >= 0.6 is 11.3 Å². The Hall–Kier alpha value is -1.26. The van der Waals surface area contributed by atoms with E-state index in [2.05, 4.69) is 31.1 Å². The minimum Gasteiger partial charge on any atom is -0.307 e. The molecule has 4 heteroatoms. The second-order valence-electron chi connectivity index (χ2n) is 5.72. The second kappa shape index (κ2) is 5.39. The molecule has 0 aliphatic carbocycles. The number of thiazole rings is 1. The van der Waals surface area contributed by atoms with E-state index in [9.17, 15) is 4.39 Å². The van der Waals surface area contributed by atoms with Crippen molar-refractivity contribution in [1.29, 1.82) is 0 Å². The first-order chi connectivity index (χ1) is 8.85. The van der Waals surface area contributed by atoms with Gasteiger partial charge in [0.15, 0.2) is 0 Å². The lowest BCUT2D eigenvalue weighted by Gasteiger charge is -2.19. The van der Waals surface area contributed by atoms with E-state index in [1.165, 1.54) is 17.4 Å². The van der Waals surface area contributed by atoms with E-state index >= 15 is 0 Å². The summed E-state index contributed by atoms with van der Waals surface area (Å²) in [5.74, 6) is -0.213. The summed E-state index contributed by atoms with van der Waals surface area (Å²) >= 11 is 1.54. The predicted molar refractivity (Wildman–Crippen MR) is 78.8 cm³/mol. The summed E-state index contributed by atoms with van der Waals surface area (Å²) in [5, 5.41) is 4.15. The van der Waals surface area contributed by atoms with Gasteiger partial charge in [0, 0.05) is 28.7 Å². The highest BCUT2D eigenvalue weighted by Gasteiger charge is 2.12. The molecule has 2 rings (SSSR count). The van der Waals surface area contributed by atoms with Crippen LogP contribution in [0, 0.1) is 12.7 Å². The summed E-state index contributed by atoms with van der Waals surface area (Å²) < 4.78 is 13.8. The van der Waals surface area contributed by atoms with Gasteiger partial charge in [0.2, 0.25) is 0 Å². The van der Waals surface area contributed by atoms with Gasteiger partial charge in [-0.2, -0.15) is 0 Å². The van der Waals surface area contributed by atoms with E-state index in [1.807, 2.05) is 19.2 Å². The molecule has 0 aliphatic heterocycles. The largest absolute Gasteiger partial charge is 0.307 e. The zero-order valence-electron chi connectivity index (χ0n) is 11.7. The van der Waals surface area contributed by atoms with Crippen molar-refractivity contribution in [2.75, 3.05) is 0 Å². The van der Waals surface area contributed by atoms with Crippen LogP contribution in [0.1, 0.15) is 31.2 Å². The Morgan fingerprint density at radius 1 is 1.32 bits per heavy atom. The van der Waals surface area contributed by atoms with Crippen LogP contribution in [-0.2, 0) is 6.54 Å². The standard InChI is InChI=1S/C15H19FN2S/c1-10-5-6-13(16)12(7-10)14-17-8-11(19-14)9-18-15(2,3)4/h5-8,18H,9H2,1-4H3. The fraction of sp³-hybridized carbons (Fsp3) is 0.400. The first-order valence-electron chi connectivity index (χ1n) is 6.31. The zero-order chi connectivity index (χ0) is 14.0. The lowest BCUT2D eigenvalue weighted by molar-refractivity contribution is 0.426. The Balaban J connectivity index is 2.19. The van der Waals surface area contributed by atoms with Crippen LogP contribution in [0.2, 0.25) is 0 Å². The molecule has 1 N–H and O–H groups in total. The fourth-order valence-corrected chi connectivity index (χ4v) is 2.54. The van der Waals surface area contributed by atoms with Gasteiger partial charge in [-0.25, -0.2) is 9.37 Å². The molecule has 2 nitrogen and oxygen atoms in total. The number of aromatic nitrogens is 1. The average molecular weight is 278 g/mol. The Morgan fingerprint density at radius 3 is 2.74 bits per heavy atom. The van der Waals surface area contributed by atoms with Gasteiger partial charge in [-0.3, -0.25) is 0 Å². The molecule has 0 saturated carbocycles. The summed E-state index contributed by atoms with van der Waals surface area (Å²) in [6.45, 7) is 9.08. The third-order valence-corrected chi connectivity index (χ3v) is 3.73. The molecule has 1 heterocycles. The van der Waals surface area contributed by atoms with Crippen molar-refractivity contribution in [3.05, 3.63) is 40.7 Å². The van der Waals surface area contributed by atoms with Gasteiger partial charge in [-0.05, 0) is 39.8 Å². The highest BCUT2D eigenvalue weighted by molar-refractivity contribution is 7.15. The van der Waals surface area contributed by atoms with Gasteiger partial charge < -0.3 is 5.32 Å². The summed E-state index contributed by atoms with van der Waals surface area (Å²) in [6.07, 6.45) is 1.82. The zero-order valence-corrected chi connectivity index (χ0v) is 12.6. The number of hydrogen-bond donors (Lipinski definition) is 1. The van der Waals surface area contributed by atoms with Crippen LogP contribution in [0.4, 0.5) is 4.39 Å². The number of nitrogens with one attached hydrogen (secondary N) is 1. The van der Waals surface area contributed by atoms with Crippen molar-refractivity contribution in [1.82, 2.24) is 10.3 Å². The van der Waals surface area contributed by atoms with Crippen molar-refractivity contribution in [2.24, 2.45) is 0 Å². The normalized spacial score (nSPS) is 11.8. The summed E-state index contributed by atoms with van der Waals surface area (Å²) in [5.41, 5.74) is 1.70. The topological polar surface area (TPSA) is 24.9 Å². The monoisotopic (exact) mass is 278 g/mol. The maximum atomic E-state index is 13.8. The van der Waals surface area contributed by atoms with Crippen LogP contribution in [-0.4, -0.2) is 10.5 Å². The number of rotatable bonds is 3. The molecule has 102 valence electrons. The molecule has 0 fully saturated rings. The first kappa shape index (κ1) is 14.2. The van der Waals surface area contributed by atoms with Crippen molar-refractivity contribution in [2.45, 2.75) is 39.8 Å². The lowest BCUT2D eigenvalue weighted by atomic mass is 10.1. The first-order valence-corrected chi connectivity index (χ1v) is 7.13. The third kappa shape index (κ3) is 3.85. The minimum atomic E-state index is -0.213. The van der Waals surface area contributed by atoms with Gasteiger partial charge in [0.05, 0.1) is 0 Å². The van der Waals surface area contributed by atoms with Crippen LogP contribution < -0.4 is 5.32 Å². The average Bonchev–Trinajstić information content (AvgIpc) is 2.77. The van der Waals surface area contributed by atoms with Gasteiger partial charge >= 0.3 is 0 Å². The number of halogens is 1. The highest BCUT2D eigenvalue weighted by atomic mass is 32.1. The molecule has 0 saturated heterocycles. The molecule has 0 amide bonds. The molecule has 1 aromatic carbocycles. The maximum Gasteiger partial charge on any atom is 0.133 e. The fourth-order valence-electron chi connectivity index (χ4n) is 1.67. The van der Waals surface area contributed by atoms with Crippen molar-refractivity contribution in [3.8, 4) is 10.6 Å². The maximum absolute atomic E-state index is 13.8. The molecule has 1 aromatic heterocycles. The van der Waals surface area contributed by atoms with Crippen LogP contribution in [0.15, 0.2) is 24.4 Å². The SMILES string of the molecule is Cc1ccc(F)c(-c2ncc(CNC(C)(C)C)s2)c1. The van der Waals surface area contributed by atoms with Gasteiger partial charge in [0.1, 0.15) is 10.8 Å². The molecular weight excluding hydrogens is 259 g/mol. The van der Waals surface area contributed by atoms with Gasteiger partial charge in [0.25, 0.3) is 0 Å². The van der Waals surface area contributed by atoms with E-state index in [0.29, 0.717) is 5.56 Å². The molecule has 0 aliphatic rings. The Labute approximate surface area is 117 Å². The van der Waals surface area contributed by atoms with Crippen LogP contribution in [0.5, 0.6) is 0 Å². The van der Waals surface area contributed by atoms with Crippen molar-refractivity contribution >= 4 is 11.3 Å². The number of benzene rings is 1. The van der Waals surface area contributed by atoms with E-state index in [-0.39, 0.29) is 11.4 Å². The molecule has 0 radical (unpaired) electrons. The van der Waals surface area contributed by atoms with Gasteiger partial charge in [-0.1, -0.05) is 11.6 Å². The molecule has 2 aromatic rings. The molecule has 19 heavy (non-hydrogen) atoms. The van der Waals surface area contributed by atoms with E-state index in [0.717, 1.165) is 22.0 Å². The predicted octanol–water partition coefficient (Wildman–Crippen LogP) is 4.15. The Bertz CT molecular complexity index is 570.